The number of amides is 2. The molecule has 1 aromatic rings. The van der Waals surface area contributed by atoms with Crippen LogP contribution in [0.15, 0.2) is 29.2 Å². The summed E-state index contributed by atoms with van der Waals surface area (Å²) in [5.41, 5.74) is -0.288. The van der Waals surface area contributed by atoms with Gasteiger partial charge in [0.05, 0.1) is 11.5 Å². The van der Waals surface area contributed by atoms with E-state index in [0.29, 0.717) is 5.69 Å². The van der Waals surface area contributed by atoms with Crippen molar-refractivity contribution >= 4 is 27.7 Å². The molecule has 0 aliphatic rings. The Hall–Kier alpha value is -2.17. The molecule has 26 heavy (non-hydrogen) atoms. The molecule has 0 aliphatic heterocycles. The molecule has 0 saturated heterocycles. The Balaban J connectivity index is 2.63. The summed E-state index contributed by atoms with van der Waals surface area (Å²) in [6.45, 7) is 3.86. The highest BCUT2D eigenvalue weighted by molar-refractivity contribution is 7.89. The number of hydrogen-bond donors (Lipinski definition) is 4. The summed E-state index contributed by atoms with van der Waals surface area (Å²) in [5.74, 6) is -0.934. The van der Waals surface area contributed by atoms with Crippen molar-refractivity contribution in [1.29, 1.82) is 0 Å². The summed E-state index contributed by atoms with van der Waals surface area (Å²) >= 11 is 0. The van der Waals surface area contributed by atoms with Crippen molar-refractivity contribution in [3.8, 4) is 0 Å². The predicted octanol–water partition coefficient (Wildman–Crippen LogP) is 1.38. The number of aliphatic carboxylic acids is 1. The number of nitrogens with one attached hydrogen (secondary N) is 3. The third kappa shape index (κ3) is 7.81. The van der Waals surface area contributed by atoms with Gasteiger partial charge in [-0.25, -0.2) is 17.9 Å². The van der Waals surface area contributed by atoms with Gasteiger partial charge in [0.25, 0.3) is 0 Å². The standard InChI is InChI=1S/C16H25N3O6S/c1-16(2,9-8-14(20)21)19-15(22)18-12-4-6-13(7-5-12)26(23,24)17-10-11-25-3/h4-7,17H,8-11H2,1-3H3,(H,20,21)(H2,18,19,22). The first-order chi connectivity index (χ1) is 12.1. The maximum Gasteiger partial charge on any atom is 0.319 e. The third-order valence-corrected chi connectivity index (χ3v) is 4.91. The number of ether oxygens (including phenoxy) is 1. The average Bonchev–Trinajstić information content (AvgIpc) is 2.53. The van der Waals surface area contributed by atoms with Crippen LogP contribution in [0, 0.1) is 0 Å². The number of hydrogen-bond acceptors (Lipinski definition) is 5. The summed E-state index contributed by atoms with van der Waals surface area (Å²) in [7, 11) is -2.16. The van der Waals surface area contributed by atoms with E-state index in [1.54, 1.807) is 13.8 Å². The molecule has 0 aromatic heterocycles. The number of carbonyl (C=O) groups excluding carboxylic acids is 1. The van der Waals surface area contributed by atoms with Gasteiger partial charge in [0.15, 0.2) is 0 Å². The van der Waals surface area contributed by atoms with E-state index >= 15 is 0 Å². The molecule has 4 N–H and O–H groups in total. The molecular formula is C16H25N3O6S. The lowest BCUT2D eigenvalue weighted by Crippen LogP contribution is -2.45. The second kappa shape index (κ2) is 9.51. The Labute approximate surface area is 153 Å². The van der Waals surface area contributed by atoms with Crippen LogP contribution >= 0.6 is 0 Å². The van der Waals surface area contributed by atoms with Gasteiger partial charge in [-0.3, -0.25) is 4.79 Å². The van der Waals surface area contributed by atoms with E-state index < -0.39 is 27.6 Å². The molecule has 0 heterocycles. The number of urea groups is 1. The number of carboxylic acid groups (broad SMARTS) is 1. The van der Waals surface area contributed by atoms with Crippen molar-refractivity contribution < 1.29 is 27.9 Å². The lowest BCUT2D eigenvalue weighted by molar-refractivity contribution is -0.137. The molecule has 1 rings (SSSR count). The van der Waals surface area contributed by atoms with E-state index in [1.165, 1.54) is 31.4 Å². The molecule has 146 valence electrons. The van der Waals surface area contributed by atoms with Gasteiger partial charge in [-0.05, 0) is 44.5 Å². The topological polar surface area (TPSA) is 134 Å². The molecule has 1 aromatic carbocycles. The van der Waals surface area contributed by atoms with E-state index in [0.717, 1.165) is 0 Å². The summed E-state index contributed by atoms with van der Waals surface area (Å²) < 4.78 is 31.3. The first kappa shape index (κ1) is 21.9. The van der Waals surface area contributed by atoms with Crippen LogP contribution in [-0.4, -0.2) is 51.3 Å². The molecule has 0 atom stereocenters. The number of carbonyl (C=O) groups is 2. The molecule has 0 fully saturated rings. The number of anilines is 1. The zero-order chi connectivity index (χ0) is 19.8. The maximum atomic E-state index is 12.0. The minimum atomic E-state index is -3.64. The molecule has 0 aliphatic carbocycles. The molecule has 0 unspecified atom stereocenters. The SMILES string of the molecule is COCCNS(=O)(=O)c1ccc(NC(=O)NC(C)(C)CCC(=O)O)cc1. The summed E-state index contributed by atoms with van der Waals surface area (Å²) in [4.78, 5) is 22.7. The molecule has 9 nitrogen and oxygen atoms in total. The Bertz CT molecular complexity index is 716. The van der Waals surface area contributed by atoms with Crippen molar-refractivity contribution in [3.05, 3.63) is 24.3 Å². The van der Waals surface area contributed by atoms with Gasteiger partial charge in [-0.15, -0.1) is 0 Å². The average molecular weight is 387 g/mol. The Morgan fingerprint density at radius 2 is 1.81 bits per heavy atom. The van der Waals surface area contributed by atoms with Gasteiger partial charge >= 0.3 is 12.0 Å². The molecule has 2 amide bonds. The minimum absolute atomic E-state index is 0.0596. The Morgan fingerprint density at radius 1 is 1.19 bits per heavy atom. The van der Waals surface area contributed by atoms with Crippen molar-refractivity contribution in [2.45, 2.75) is 37.1 Å². The van der Waals surface area contributed by atoms with Crippen molar-refractivity contribution in [2.24, 2.45) is 0 Å². The smallest absolute Gasteiger partial charge is 0.319 e. The highest BCUT2D eigenvalue weighted by atomic mass is 32.2. The van der Waals surface area contributed by atoms with Gasteiger partial charge in [-0.2, -0.15) is 0 Å². The quantitative estimate of drug-likeness (QED) is 0.448. The summed E-state index contributed by atoms with van der Waals surface area (Å²) in [6.07, 6.45) is 0.218. The molecular weight excluding hydrogens is 362 g/mol. The molecule has 0 saturated carbocycles. The van der Waals surface area contributed by atoms with E-state index in [4.69, 9.17) is 9.84 Å². The van der Waals surface area contributed by atoms with Crippen LogP contribution in [0.2, 0.25) is 0 Å². The number of benzene rings is 1. The fourth-order valence-electron chi connectivity index (χ4n) is 2.03. The van der Waals surface area contributed by atoms with Crippen LogP contribution in [0.3, 0.4) is 0 Å². The van der Waals surface area contributed by atoms with Crippen LogP contribution in [-0.2, 0) is 19.6 Å². The fraction of sp³-hybridized carbons (Fsp3) is 0.500. The van der Waals surface area contributed by atoms with E-state index in [1.807, 2.05) is 0 Å². The van der Waals surface area contributed by atoms with Gasteiger partial charge < -0.3 is 20.5 Å². The van der Waals surface area contributed by atoms with Gasteiger partial charge in [-0.1, -0.05) is 0 Å². The lowest BCUT2D eigenvalue weighted by Gasteiger charge is -2.25. The third-order valence-electron chi connectivity index (χ3n) is 3.44. The number of sulfonamides is 1. The van der Waals surface area contributed by atoms with Gasteiger partial charge in [0.1, 0.15) is 0 Å². The Kier molecular flexibility index (Phi) is 8.00. The van der Waals surface area contributed by atoms with Crippen LogP contribution in [0.25, 0.3) is 0 Å². The highest BCUT2D eigenvalue weighted by Crippen LogP contribution is 2.15. The first-order valence-electron chi connectivity index (χ1n) is 7.95. The van der Waals surface area contributed by atoms with E-state index in [9.17, 15) is 18.0 Å². The van der Waals surface area contributed by atoms with Crippen LogP contribution in [0.4, 0.5) is 10.5 Å². The van der Waals surface area contributed by atoms with Crippen LogP contribution in [0.1, 0.15) is 26.7 Å². The summed E-state index contributed by atoms with van der Waals surface area (Å²) in [6, 6.07) is 5.18. The summed E-state index contributed by atoms with van der Waals surface area (Å²) in [5, 5.41) is 14.0. The largest absolute Gasteiger partial charge is 0.481 e. The molecule has 0 spiro atoms. The zero-order valence-corrected chi connectivity index (χ0v) is 15.9. The lowest BCUT2D eigenvalue weighted by atomic mass is 9.99. The van der Waals surface area contributed by atoms with Crippen molar-refractivity contribution in [3.63, 3.8) is 0 Å². The number of carboxylic acids is 1. The maximum absolute atomic E-state index is 12.0. The fourth-order valence-corrected chi connectivity index (χ4v) is 3.04. The second-order valence-electron chi connectivity index (χ2n) is 6.27. The van der Waals surface area contributed by atoms with Crippen molar-refractivity contribution in [2.75, 3.05) is 25.6 Å². The van der Waals surface area contributed by atoms with Crippen LogP contribution < -0.4 is 15.4 Å². The molecule has 0 bridgehead atoms. The van der Waals surface area contributed by atoms with Gasteiger partial charge in [0.2, 0.25) is 10.0 Å². The Morgan fingerprint density at radius 3 is 2.35 bits per heavy atom. The van der Waals surface area contributed by atoms with Crippen molar-refractivity contribution in [1.82, 2.24) is 10.0 Å². The number of methoxy groups -OCH3 is 1. The van der Waals surface area contributed by atoms with E-state index in [2.05, 4.69) is 15.4 Å². The second-order valence-corrected chi connectivity index (χ2v) is 8.04. The number of rotatable bonds is 10. The minimum Gasteiger partial charge on any atom is -0.481 e. The normalized spacial score (nSPS) is 11.8. The molecule has 10 heteroatoms. The van der Waals surface area contributed by atoms with Gasteiger partial charge in [0, 0.05) is 31.3 Å². The van der Waals surface area contributed by atoms with Crippen LogP contribution in [0.5, 0.6) is 0 Å². The predicted molar refractivity (Wildman–Crippen MR) is 96.6 cm³/mol. The monoisotopic (exact) mass is 387 g/mol. The first-order valence-corrected chi connectivity index (χ1v) is 9.44. The zero-order valence-electron chi connectivity index (χ0n) is 15.0. The highest BCUT2D eigenvalue weighted by Gasteiger charge is 2.21. The van der Waals surface area contributed by atoms with E-state index in [-0.39, 0.29) is 30.9 Å². The molecule has 0 radical (unpaired) electrons.